The summed E-state index contributed by atoms with van der Waals surface area (Å²) < 4.78 is 0. The summed E-state index contributed by atoms with van der Waals surface area (Å²) in [6.45, 7) is 0. The van der Waals surface area contributed by atoms with E-state index < -0.39 is 11.9 Å². The molecule has 0 atom stereocenters. The summed E-state index contributed by atoms with van der Waals surface area (Å²) >= 11 is 0. The summed E-state index contributed by atoms with van der Waals surface area (Å²) in [5, 5.41) is 17.1. The van der Waals surface area contributed by atoms with E-state index in [2.05, 4.69) is 0 Å². The lowest BCUT2D eigenvalue weighted by molar-refractivity contribution is -0.131. The first-order valence-electron chi connectivity index (χ1n) is 4.73. The highest BCUT2D eigenvalue weighted by atomic mass is 16.4. The Labute approximate surface area is 98.2 Å². The van der Waals surface area contributed by atoms with Gasteiger partial charge >= 0.3 is 5.97 Å². The maximum absolute atomic E-state index is 11.5. The molecule has 1 aromatic rings. The van der Waals surface area contributed by atoms with Crippen LogP contribution < -0.4 is 4.90 Å². The maximum Gasteiger partial charge on any atom is 0.328 e. The summed E-state index contributed by atoms with van der Waals surface area (Å²) in [5.74, 6) is -1.65. The summed E-state index contributed by atoms with van der Waals surface area (Å²) in [4.78, 5) is 23.1. The smallest absolute Gasteiger partial charge is 0.328 e. The number of hydrogen-bond acceptors (Lipinski definition) is 3. The number of carbonyl (C=O) groups is 2. The molecule has 0 heterocycles. The van der Waals surface area contributed by atoms with Crippen molar-refractivity contribution in [3.63, 3.8) is 0 Å². The van der Waals surface area contributed by atoms with Gasteiger partial charge in [0.2, 0.25) is 0 Å². The molecule has 5 nitrogen and oxygen atoms in total. The molecule has 0 radical (unpaired) electrons. The van der Waals surface area contributed by atoms with E-state index in [1.807, 2.05) is 6.07 Å². The number of hydrogen-bond donors (Lipinski definition) is 1. The quantitative estimate of drug-likeness (QED) is 0.790. The van der Waals surface area contributed by atoms with Crippen molar-refractivity contribution in [3.8, 4) is 6.07 Å². The van der Waals surface area contributed by atoms with Crippen LogP contribution >= 0.6 is 0 Å². The standard InChI is InChI=1S/C12H10N2O3/c1-14(11(15)5-6-12(16)17)10-4-2-3-9(7-10)8-13/h2-7H,1H3,(H,16,17). The van der Waals surface area contributed by atoms with E-state index in [1.54, 1.807) is 24.3 Å². The fraction of sp³-hybridized carbons (Fsp3) is 0.0833. The van der Waals surface area contributed by atoms with Gasteiger partial charge in [-0.1, -0.05) is 6.07 Å². The maximum atomic E-state index is 11.5. The molecule has 1 amide bonds. The summed E-state index contributed by atoms with van der Waals surface area (Å²) in [5.41, 5.74) is 0.966. The van der Waals surface area contributed by atoms with Crippen molar-refractivity contribution in [3.05, 3.63) is 42.0 Å². The van der Waals surface area contributed by atoms with Crippen LogP contribution in [0.5, 0.6) is 0 Å². The monoisotopic (exact) mass is 230 g/mol. The number of carboxylic acids is 1. The highest BCUT2D eigenvalue weighted by Gasteiger charge is 2.08. The number of aliphatic carboxylic acids is 1. The van der Waals surface area contributed by atoms with Crippen molar-refractivity contribution in [2.24, 2.45) is 0 Å². The van der Waals surface area contributed by atoms with Gasteiger partial charge < -0.3 is 10.0 Å². The van der Waals surface area contributed by atoms with Crippen LogP contribution in [0.1, 0.15) is 5.56 Å². The van der Waals surface area contributed by atoms with Crippen molar-refractivity contribution >= 4 is 17.6 Å². The molecule has 0 aliphatic carbocycles. The SMILES string of the molecule is CN(C(=O)C=CC(=O)O)c1cccc(C#N)c1. The minimum absolute atomic E-state index is 0.435. The highest BCUT2D eigenvalue weighted by molar-refractivity contribution is 6.03. The number of amides is 1. The normalized spacial score (nSPS) is 9.88. The Morgan fingerprint density at radius 3 is 2.71 bits per heavy atom. The fourth-order valence-electron chi connectivity index (χ4n) is 1.17. The van der Waals surface area contributed by atoms with Crippen molar-refractivity contribution in [1.29, 1.82) is 5.26 Å². The number of carbonyl (C=O) groups excluding carboxylic acids is 1. The van der Waals surface area contributed by atoms with Gasteiger partial charge in [-0.3, -0.25) is 4.79 Å². The molecular weight excluding hydrogens is 220 g/mol. The second-order valence-electron chi connectivity index (χ2n) is 3.23. The van der Waals surface area contributed by atoms with Crippen LogP contribution in [-0.2, 0) is 9.59 Å². The lowest BCUT2D eigenvalue weighted by atomic mass is 10.2. The van der Waals surface area contributed by atoms with Crippen molar-refractivity contribution in [1.82, 2.24) is 0 Å². The molecule has 0 aromatic heterocycles. The predicted octanol–water partition coefficient (Wildman–Crippen LogP) is 1.16. The van der Waals surface area contributed by atoms with Crippen LogP contribution in [-0.4, -0.2) is 24.0 Å². The zero-order chi connectivity index (χ0) is 12.8. The van der Waals surface area contributed by atoms with Crippen LogP contribution in [0, 0.1) is 11.3 Å². The molecule has 86 valence electrons. The van der Waals surface area contributed by atoms with Gasteiger partial charge in [0.15, 0.2) is 0 Å². The molecule has 0 saturated heterocycles. The largest absolute Gasteiger partial charge is 0.478 e. The number of rotatable bonds is 3. The minimum atomic E-state index is -1.18. The van der Waals surface area contributed by atoms with E-state index in [9.17, 15) is 9.59 Å². The molecule has 17 heavy (non-hydrogen) atoms. The third-order valence-electron chi connectivity index (χ3n) is 2.06. The van der Waals surface area contributed by atoms with Gasteiger partial charge in [0.05, 0.1) is 11.6 Å². The fourth-order valence-corrected chi connectivity index (χ4v) is 1.17. The van der Waals surface area contributed by atoms with Crippen molar-refractivity contribution in [2.75, 3.05) is 11.9 Å². The molecule has 0 bridgehead atoms. The van der Waals surface area contributed by atoms with Crippen LogP contribution in [0.3, 0.4) is 0 Å². The second-order valence-corrected chi connectivity index (χ2v) is 3.23. The van der Waals surface area contributed by atoms with E-state index in [1.165, 1.54) is 11.9 Å². The van der Waals surface area contributed by atoms with Gasteiger partial charge in [-0.15, -0.1) is 0 Å². The van der Waals surface area contributed by atoms with Crippen molar-refractivity contribution < 1.29 is 14.7 Å². The van der Waals surface area contributed by atoms with Crippen LogP contribution in [0.25, 0.3) is 0 Å². The Balaban J connectivity index is 2.89. The van der Waals surface area contributed by atoms with E-state index in [0.717, 1.165) is 12.2 Å². The summed E-state index contributed by atoms with van der Waals surface area (Å²) in [7, 11) is 1.50. The third kappa shape index (κ3) is 3.47. The lowest BCUT2D eigenvalue weighted by Crippen LogP contribution is -2.24. The molecule has 1 N–H and O–H groups in total. The Bertz CT molecular complexity index is 515. The van der Waals surface area contributed by atoms with Crippen LogP contribution in [0.15, 0.2) is 36.4 Å². The molecule has 1 aromatic carbocycles. The zero-order valence-electron chi connectivity index (χ0n) is 9.12. The van der Waals surface area contributed by atoms with E-state index in [0.29, 0.717) is 11.3 Å². The predicted molar refractivity (Wildman–Crippen MR) is 61.3 cm³/mol. The zero-order valence-corrected chi connectivity index (χ0v) is 9.12. The topological polar surface area (TPSA) is 81.4 Å². The molecule has 1 rings (SSSR count). The Kier molecular flexibility index (Phi) is 4.01. The minimum Gasteiger partial charge on any atom is -0.478 e. The summed E-state index contributed by atoms with van der Waals surface area (Å²) in [6, 6.07) is 8.44. The van der Waals surface area contributed by atoms with Crippen LogP contribution in [0.4, 0.5) is 5.69 Å². The Morgan fingerprint density at radius 1 is 1.41 bits per heavy atom. The average Bonchev–Trinajstić information content (AvgIpc) is 2.35. The molecule has 0 saturated carbocycles. The van der Waals surface area contributed by atoms with Gasteiger partial charge in [-0.2, -0.15) is 5.26 Å². The number of nitrogens with zero attached hydrogens (tertiary/aromatic N) is 2. The van der Waals surface area contributed by atoms with Crippen molar-refractivity contribution in [2.45, 2.75) is 0 Å². The molecule has 0 fully saturated rings. The third-order valence-corrected chi connectivity index (χ3v) is 2.06. The molecule has 0 unspecified atom stereocenters. The van der Waals surface area contributed by atoms with Gasteiger partial charge in [0, 0.05) is 24.9 Å². The molecular formula is C12H10N2O3. The van der Waals surface area contributed by atoms with Crippen LogP contribution in [0.2, 0.25) is 0 Å². The van der Waals surface area contributed by atoms with Gasteiger partial charge in [-0.05, 0) is 18.2 Å². The van der Waals surface area contributed by atoms with Gasteiger partial charge in [0.25, 0.3) is 5.91 Å². The first-order valence-corrected chi connectivity index (χ1v) is 4.73. The Hall–Kier alpha value is -2.61. The number of nitriles is 1. The Morgan fingerprint density at radius 2 is 2.12 bits per heavy atom. The molecule has 0 spiro atoms. The molecule has 0 aliphatic rings. The number of likely N-dealkylation sites (N-methyl/N-ethyl adjacent to an activating group) is 1. The van der Waals surface area contributed by atoms with E-state index in [-0.39, 0.29) is 0 Å². The lowest BCUT2D eigenvalue weighted by Gasteiger charge is -2.15. The average molecular weight is 230 g/mol. The van der Waals surface area contributed by atoms with E-state index in [4.69, 9.17) is 10.4 Å². The summed E-state index contributed by atoms with van der Waals surface area (Å²) in [6.07, 6.45) is 1.73. The second kappa shape index (κ2) is 5.47. The molecule has 0 aliphatic heterocycles. The van der Waals surface area contributed by atoms with Gasteiger partial charge in [-0.25, -0.2) is 4.79 Å². The first kappa shape index (κ1) is 12.5. The molecule has 5 heteroatoms. The number of carboxylic acid groups (broad SMARTS) is 1. The highest BCUT2D eigenvalue weighted by Crippen LogP contribution is 2.14. The number of benzene rings is 1. The van der Waals surface area contributed by atoms with E-state index >= 15 is 0 Å². The first-order chi connectivity index (χ1) is 8.04. The van der Waals surface area contributed by atoms with Gasteiger partial charge in [0.1, 0.15) is 0 Å². The number of anilines is 1.